The van der Waals surface area contributed by atoms with Crippen LogP contribution >= 0.6 is 11.8 Å². The highest BCUT2D eigenvalue weighted by Gasteiger charge is 2.42. The van der Waals surface area contributed by atoms with Gasteiger partial charge in [-0.15, -0.1) is 0 Å². The Hall–Kier alpha value is 0.190. The number of nitrogens with one attached hydrogen (secondary N) is 1. The van der Waals surface area contributed by atoms with Crippen molar-refractivity contribution in [3.8, 4) is 0 Å². The maximum Gasteiger partial charge on any atom is 0.172 e. The topological polar surface area (TPSA) is 39.7 Å². The van der Waals surface area contributed by atoms with Gasteiger partial charge in [0.05, 0.1) is 11.6 Å². The first-order chi connectivity index (χ1) is 9.24. The average Bonchev–Trinajstić information content (AvgIpc) is 2.45. The third kappa shape index (κ3) is 3.64. The zero-order chi connectivity index (χ0) is 13.7. The number of hydrogen-bond acceptors (Lipinski definition) is 5. The Morgan fingerprint density at radius 2 is 1.95 bits per heavy atom. The summed E-state index contributed by atoms with van der Waals surface area (Å²) in [6, 6.07) is 0.241. The van der Waals surface area contributed by atoms with Crippen LogP contribution in [0.2, 0.25) is 0 Å². The lowest BCUT2D eigenvalue weighted by molar-refractivity contribution is -0.158. The molecule has 112 valence electrons. The lowest BCUT2D eigenvalue weighted by Crippen LogP contribution is -2.52. The van der Waals surface area contributed by atoms with Crippen LogP contribution in [-0.2, 0) is 14.2 Å². The van der Waals surface area contributed by atoms with Gasteiger partial charge in [0.2, 0.25) is 0 Å². The standard InChI is InChI=1S/C14H27NO3S/c1-15-12(13(16-2)17-3)11-4-7-18-14(10-11)5-8-19-9-6-14/h11-13,15H,4-10H2,1-3H3. The minimum atomic E-state index is -0.178. The van der Waals surface area contributed by atoms with Gasteiger partial charge in [0.1, 0.15) is 0 Å². The van der Waals surface area contributed by atoms with E-state index < -0.39 is 0 Å². The smallest absolute Gasteiger partial charge is 0.172 e. The predicted molar refractivity (Wildman–Crippen MR) is 78.6 cm³/mol. The summed E-state index contributed by atoms with van der Waals surface area (Å²) in [6.45, 7) is 0.869. The van der Waals surface area contributed by atoms with Crippen molar-refractivity contribution in [2.45, 2.75) is 43.6 Å². The van der Waals surface area contributed by atoms with Gasteiger partial charge in [-0.25, -0.2) is 0 Å². The molecule has 0 aromatic heterocycles. The largest absolute Gasteiger partial charge is 0.375 e. The Balaban J connectivity index is 2.02. The van der Waals surface area contributed by atoms with E-state index in [1.165, 1.54) is 24.3 Å². The molecule has 4 nitrogen and oxygen atoms in total. The van der Waals surface area contributed by atoms with Gasteiger partial charge in [-0.1, -0.05) is 0 Å². The van der Waals surface area contributed by atoms with Crippen molar-refractivity contribution < 1.29 is 14.2 Å². The minimum absolute atomic E-state index is 0.120. The van der Waals surface area contributed by atoms with Crippen molar-refractivity contribution in [2.24, 2.45) is 5.92 Å². The average molecular weight is 289 g/mol. The molecule has 1 N–H and O–H groups in total. The van der Waals surface area contributed by atoms with Crippen LogP contribution in [0.15, 0.2) is 0 Å². The molecule has 2 heterocycles. The molecule has 2 aliphatic heterocycles. The fourth-order valence-corrected chi connectivity index (χ4v) is 4.68. The van der Waals surface area contributed by atoms with E-state index in [2.05, 4.69) is 5.32 Å². The predicted octanol–water partition coefficient (Wildman–Crippen LogP) is 1.89. The van der Waals surface area contributed by atoms with E-state index in [9.17, 15) is 0 Å². The van der Waals surface area contributed by atoms with Crippen molar-refractivity contribution in [3.63, 3.8) is 0 Å². The van der Waals surface area contributed by atoms with Gasteiger partial charge < -0.3 is 19.5 Å². The Bertz CT molecular complexity index is 262. The van der Waals surface area contributed by atoms with Gasteiger partial charge in [0.25, 0.3) is 0 Å². The van der Waals surface area contributed by atoms with Gasteiger partial charge in [0.15, 0.2) is 6.29 Å². The highest BCUT2D eigenvalue weighted by molar-refractivity contribution is 7.99. The first-order valence-electron chi connectivity index (χ1n) is 7.19. The monoisotopic (exact) mass is 289 g/mol. The van der Waals surface area contributed by atoms with Gasteiger partial charge in [-0.3, -0.25) is 0 Å². The molecule has 0 radical (unpaired) electrons. The molecule has 1 spiro atoms. The molecular weight excluding hydrogens is 262 g/mol. The van der Waals surface area contributed by atoms with Crippen molar-refractivity contribution in [3.05, 3.63) is 0 Å². The molecular formula is C14H27NO3S. The quantitative estimate of drug-likeness (QED) is 0.783. The summed E-state index contributed by atoms with van der Waals surface area (Å²) < 4.78 is 17.1. The van der Waals surface area contributed by atoms with Crippen LogP contribution in [0.25, 0.3) is 0 Å². The fourth-order valence-electron chi connectivity index (χ4n) is 3.45. The van der Waals surface area contributed by atoms with E-state index in [-0.39, 0.29) is 17.9 Å². The van der Waals surface area contributed by atoms with E-state index >= 15 is 0 Å². The summed E-state index contributed by atoms with van der Waals surface area (Å²) in [6.07, 6.45) is 4.42. The second-order valence-corrected chi connectivity index (χ2v) is 6.78. The van der Waals surface area contributed by atoms with Gasteiger partial charge in [-0.2, -0.15) is 11.8 Å². The lowest BCUT2D eigenvalue weighted by Gasteiger charge is -2.46. The van der Waals surface area contributed by atoms with E-state index in [4.69, 9.17) is 14.2 Å². The molecule has 5 heteroatoms. The summed E-state index contributed by atoms with van der Waals surface area (Å²) >= 11 is 2.05. The Morgan fingerprint density at radius 1 is 1.26 bits per heavy atom. The summed E-state index contributed by atoms with van der Waals surface area (Å²) in [7, 11) is 5.42. The van der Waals surface area contributed by atoms with Crippen molar-refractivity contribution >= 4 is 11.8 Å². The van der Waals surface area contributed by atoms with Crippen LogP contribution in [0, 0.1) is 5.92 Å². The summed E-state index contributed by atoms with van der Waals surface area (Å²) in [4.78, 5) is 0. The molecule has 2 rings (SSSR count). The maximum atomic E-state index is 6.16. The third-order valence-electron chi connectivity index (χ3n) is 4.53. The lowest BCUT2D eigenvalue weighted by atomic mass is 9.78. The van der Waals surface area contributed by atoms with Crippen LogP contribution in [0.1, 0.15) is 25.7 Å². The Morgan fingerprint density at radius 3 is 2.53 bits per heavy atom. The molecule has 0 aromatic rings. The first kappa shape index (κ1) is 15.6. The summed E-state index contributed by atoms with van der Waals surface area (Å²) in [5, 5.41) is 3.38. The van der Waals surface area contributed by atoms with E-state index in [1.54, 1.807) is 14.2 Å². The highest BCUT2D eigenvalue weighted by atomic mass is 32.2. The van der Waals surface area contributed by atoms with E-state index in [0.29, 0.717) is 5.92 Å². The highest BCUT2D eigenvalue weighted by Crippen LogP contribution is 2.41. The summed E-state index contributed by atoms with van der Waals surface area (Å²) in [5.74, 6) is 3.02. The molecule has 2 saturated heterocycles. The van der Waals surface area contributed by atoms with Crippen LogP contribution < -0.4 is 5.32 Å². The molecule has 2 unspecified atom stereocenters. The zero-order valence-corrected chi connectivity index (χ0v) is 13.1. The van der Waals surface area contributed by atoms with Crippen molar-refractivity contribution in [1.29, 1.82) is 0 Å². The number of methoxy groups -OCH3 is 2. The van der Waals surface area contributed by atoms with Crippen molar-refractivity contribution in [2.75, 3.05) is 39.4 Å². The number of likely N-dealkylation sites (N-methyl/N-ethyl adjacent to an activating group) is 1. The van der Waals surface area contributed by atoms with Crippen molar-refractivity contribution in [1.82, 2.24) is 5.32 Å². The zero-order valence-electron chi connectivity index (χ0n) is 12.3. The van der Waals surface area contributed by atoms with Gasteiger partial charge in [0, 0.05) is 20.8 Å². The molecule has 0 bridgehead atoms. The maximum absolute atomic E-state index is 6.16. The number of thioether (sulfide) groups is 1. The Kier molecular flexibility index (Phi) is 5.96. The second-order valence-electron chi connectivity index (χ2n) is 5.55. The van der Waals surface area contributed by atoms with Crippen LogP contribution in [0.5, 0.6) is 0 Å². The number of hydrogen-bond donors (Lipinski definition) is 1. The van der Waals surface area contributed by atoms with Gasteiger partial charge >= 0.3 is 0 Å². The molecule has 0 aromatic carbocycles. The van der Waals surface area contributed by atoms with E-state index in [0.717, 1.165) is 19.4 Å². The van der Waals surface area contributed by atoms with Gasteiger partial charge in [-0.05, 0) is 50.2 Å². The number of rotatable bonds is 5. The van der Waals surface area contributed by atoms with E-state index in [1.807, 2.05) is 18.8 Å². The minimum Gasteiger partial charge on any atom is -0.375 e. The molecule has 0 amide bonds. The molecule has 0 aliphatic carbocycles. The molecule has 0 saturated carbocycles. The van der Waals surface area contributed by atoms with Crippen LogP contribution in [0.3, 0.4) is 0 Å². The SMILES string of the molecule is CNC(C1CCOC2(CCSCC2)C1)C(OC)OC. The molecule has 19 heavy (non-hydrogen) atoms. The Labute approximate surface area is 120 Å². The van der Waals surface area contributed by atoms with Crippen LogP contribution in [0.4, 0.5) is 0 Å². The molecule has 2 atom stereocenters. The molecule has 2 aliphatic rings. The normalized spacial score (nSPS) is 28.7. The molecule has 2 fully saturated rings. The summed E-state index contributed by atoms with van der Waals surface area (Å²) in [5.41, 5.74) is 0.120. The fraction of sp³-hybridized carbons (Fsp3) is 1.00. The first-order valence-corrected chi connectivity index (χ1v) is 8.35. The second kappa shape index (κ2) is 7.27. The number of ether oxygens (including phenoxy) is 3. The van der Waals surface area contributed by atoms with Crippen LogP contribution in [-0.4, -0.2) is 57.3 Å². The third-order valence-corrected chi connectivity index (χ3v) is 5.52.